The fourth-order valence-electron chi connectivity index (χ4n) is 1.54. The molecule has 2 N–H and O–H groups in total. The Morgan fingerprint density at radius 1 is 1.31 bits per heavy atom. The lowest BCUT2D eigenvalue weighted by molar-refractivity contribution is 0.481. The summed E-state index contributed by atoms with van der Waals surface area (Å²) in [5.74, 6) is 1.47. The second kappa shape index (κ2) is 4.26. The van der Waals surface area contributed by atoms with Gasteiger partial charge in [0, 0.05) is 18.3 Å². The van der Waals surface area contributed by atoms with Crippen molar-refractivity contribution >= 4 is 5.69 Å². The summed E-state index contributed by atoms with van der Waals surface area (Å²) in [6, 6.07) is 5.65. The standard InChI is InChI=1S/C12H15N3O/c1-3-15-8-12(7-14-15)16-11-5-9(2)4-10(13)6-11/h4-8H,3,13H2,1-2H3. The number of hydrogen-bond acceptors (Lipinski definition) is 3. The fraction of sp³-hybridized carbons (Fsp3) is 0.250. The summed E-state index contributed by atoms with van der Waals surface area (Å²) in [7, 11) is 0. The summed E-state index contributed by atoms with van der Waals surface area (Å²) in [4.78, 5) is 0. The lowest BCUT2D eigenvalue weighted by atomic mass is 10.2. The summed E-state index contributed by atoms with van der Waals surface area (Å²) >= 11 is 0. The van der Waals surface area contributed by atoms with E-state index in [1.165, 1.54) is 0 Å². The van der Waals surface area contributed by atoms with Crippen molar-refractivity contribution in [2.24, 2.45) is 0 Å². The second-order valence-electron chi connectivity index (χ2n) is 3.71. The number of anilines is 1. The van der Waals surface area contributed by atoms with Gasteiger partial charge < -0.3 is 10.5 Å². The van der Waals surface area contributed by atoms with Crippen molar-refractivity contribution in [3.8, 4) is 11.5 Å². The van der Waals surface area contributed by atoms with E-state index in [0.717, 1.165) is 23.6 Å². The molecule has 0 atom stereocenters. The molecule has 0 aliphatic carbocycles. The third-order valence-electron chi connectivity index (χ3n) is 2.24. The predicted molar refractivity (Wildman–Crippen MR) is 63.6 cm³/mol. The van der Waals surface area contributed by atoms with Gasteiger partial charge in [0.25, 0.3) is 0 Å². The highest BCUT2D eigenvalue weighted by Gasteiger charge is 2.01. The quantitative estimate of drug-likeness (QED) is 0.804. The number of aromatic nitrogens is 2. The Bertz CT molecular complexity index is 471. The van der Waals surface area contributed by atoms with E-state index < -0.39 is 0 Å². The predicted octanol–water partition coefficient (Wildman–Crippen LogP) is 2.59. The van der Waals surface area contributed by atoms with Gasteiger partial charge in [-0.2, -0.15) is 5.10 Å². The Labute approximate surface area is 94.6 Å². The number of aryl methyl sites for hydroxylation is 2. The van der Waals surface area contributed by atoms with Gasteiger partial charge in [-0.1, -0.05) is 0 Å². The van der Waals surface area contributed by atoms with Crippen LogP contribution in [0.1, 0.15) is 12.5 Å². The lowest BCUT2D eigenvalue weighted by Crippen LogP contribution is -1.92. The van der Waals surface area contributed by atoms with Crippen LogP contribution in [0.5, 0.6) is 11.5 Å². The molecule has 4 nitrogen and oxygen atoms in total. The average molecular weight is 217 g/mol. The molecule has 2 aromatic rings. The van der Waals surface area contributed by atoms with Crippen LogP contribution in [0.2, 0.25) is 0 Å². The van der Waals surface area contributed by atoms with Crippen LogP contribution >= 0.6 is 0 Å². The van der Waals surface area contributed by atoms with E-state index >= 15 is 0 Å². The first-order valence-electron chi connectivity index (χ1n) is 5.25. The molecular formula is C12H15N3O. The van der Waals surface area contributed by atoms with E-state index in [0.29, 0.717) is 5.69 Å². The van der Waals surface area contributed by atoms with E-state index in [9.17, 15) is 0 Å². The first-order valence-corrected chi connectivity index (χ1v) is 5.25. The van der Waals surface area contributed by atoms with Crippen LogP contribution in [0.4, 0.5) is 5.69 Å². The van der Waals surface area contributed by atoms with Gasteiger partial charge in [0.2, 0.25) is 0 Å². The number of nitrogens with zero attached hydrogens (tertiary/aromatic N) is 2. The fourth-order valence-corrected chi connectivity index (χ4v) is 1.54. The minimum Gasteiger partial charge on any atom is -0.454 e. The van der Waals surface area contributed by atoms with E-state index in [4.69, 9.17) is 10.5 Å². The van der Waals surface area contributed by atoms with Gasteiger partial charge in [-0.3, -0.25) is 4.68 Å². The van der Waals surface area contributed by atoms with Gasteiger partial charge in [0.05, 0.1) is 12.4 Å². The Kier molecular flexibility index (Phi) is 2.81. The van der Waals surface area contributed by atoms with Crippen LogP contribution in [0.15, 0.2) is 30.6 Å². The Balaban J connectivity index is 2.19. The van der Waals surface area contributed by atoms with Crippen LogP contribution in [0.3, 0.4) is 0 Å². The molecule has 16 heavy (non-hydrogen) atoms. The molecule has 1 heterocycles. The molecule has 2 rings (SSSR count). The van der Waals surface area contributed by atoms with Crippen molar-refractivity contribution in [2.45, 2.75) is 20.4 Å². The zero-order valence-corrected chi connectivity index (χ0v) is 9.47. The van der Waals surface area contributed by atoms with E-state index in [1.54, 1.807) is 12.3 Å². The Hall–Kier alpha value is -1.97. The van der Waals surface area contributed by atoms with Gasteiger partial charge in [-0.25, -0.2) is 0 Å². The SMILES string of the molecule is CCn1cc(Oc2cc(C)cc(N)c2)cn1. The van der Waals surface area contributed by atoms with Crippen molar-refractivity contribution in [3.63, 3.8) is 0 Å². The van der Waals surface area contributed by atoms with E-state index in [-0.39, 0.29) is 0 Å². The Morgan fingerprint density at radius 2 is 2.12 bits per heavy atom. The molecule has 0 saturated carbocycles. The van der Waals surface area contributed by atoms with E-state index in [1.807, 2.05) is 36.9 Å². The molecule has 0 radical (unpaired) electrons. The van der Waals surface area contributed by atoms with Crippen molar-refractivity contribution < 1.29 is 4.74 Å². The number of hydrogen-bond donors (Lipinski definition) is 1. The van der Waals surface area contributed by atoms with Gasteiger partial charge >= 0.3 is 0 Å². The maximum Gasteiger partial charge on any atom is 0.165 e. The third-order valence-corrected chi connectivity index (χ3v) is 2.24. The van der Waals surface area contributed by atoms with Crippen molar-refractivity contribution in [1.82, 2.24) is 9.78 Å². The molecule has 0 fully saturated rings. The number of benzene rings is 1. The molecule has 0 spiro atoms. The highest BCUT2D eigenvalue weighted by atomic mass is 16.5. The molecule has 0 amide bonds. The van der Waals surface area contributed by atoms with Crippen LogP contribution in [0.25, 0.3) is 0 Å². The molecule has 1 aromatic heterocycles. The van der Waals surface area contributed by atoms with Crippen molar-refractivity contribution in [3.05, 3.63) is 36.2 Å². The van der Waals surface area contributed by atoms with Gasteiger partial charge in [-0.15, -0.1) is 0 Å². The summed E-state index contributed by atoms with van der Waals surface area (Å²) in [5, 5.41) is 4.14. The number of nitrogen functional groups attached to an aromatic ring is 1. The molecule has 0 aliphatic heterocycles. The molecular weight excluding hydrogens is 202 g/mol. The highest BCUT2D eigenvalue weighted by Crippen LogP contribution is 2.24. The van der Waals surface area contributed by atoms with Gasteiger partial charge in [0.15, 0.2) is 5.75 Å². The minimum absolute atomic E-state index is 0.706. The average Bonchev–Trinajstić information content (AvgIpc) is 2.64. The van der Waals surface area contributed by atoms with Crippen LogP contribution < -0.4 is 10.5 Å². The molecule has 0 aliphatic rings. The molecule has 1 aromatic carbocycles. The van der Waals surface area contributed by atoms with E-state index in [2.05, 4.69) is 5.10 Å². The number of ether oxygens (including phenoxy) is 1. The maximum absolute atomic E-state index is 5.74. The maximum atomic E-state index is 5.74. The summed E-state index contributed by atoms with van der Waals surface area (Å²) in [6.45, 7) is 4.85. The van der Waals surface area contributed by atoms with Gasteiger partial charge in [-0.05, 0) is 31.5 Å². The van der Waals surface area contributed by atoms with Crippen LogP contribution in [0, 0.1) is 6.92 Å². The molecule has 0 saturated heterocycles. The normalized spacial score (nSPS) is 10.4. The molecule has 4 heteroatoms. The van der Waals surface area contributed by atoms with Crippen LogP contribution in [-0.4, -0.2) is 9.78 Å². The highest BCUT2D eigenvalue weighted by molar-refractivity contribution is 5.48. The zero-order valence-electron chi connectivity index (χ0n) is 9.47. The summed E-state index contributed by atoms with van der Waals surface area (Å²) in [6.07, 6.45) is 3.56. The van der Waals surface area contributed by atoms with Crippen LogP contribution in [-0.2, 0) is 6.54 Å². The smallest absolute Gasteiger partial charge is 0.165 e. The Morgan fingerprint density at radius 3 is 2.75 bits per heavy atom. The number of nitrogens with two attached hydrogens (primary N) is 1. The topological polar surface area (TPSA) is 53.1 Å². The first-order chi connectivity index (χ1) is 7.67. The zero-order chi connectivity index (χ0) is 11.5. The number of rotatable bonds is 3. The van der Waals surface area contributed by atoms with Gasteiger partial charge in [0.1, 0.15) is 5.75 Å². The lowest BCUT2D eigenvalue weighted by Gasteiger charge is -2.05. The van der Waals surface area contributed by atoms with Crippen molar-refractivity contribution in [2.75, 3.05) is 5.73 Å². The summed E-state index contributed by atoms with van der Waals surface area (Å²) in [5.41, 5.74) is 7.53. The minimum atomic E-state index is 0.706. The largest absolute Gasteiger partial charge is 0.454 e. The summed E-state index contributed by atoms with van der Waals surface area (Å²) < 4.78 is 7.47. The molecule has 0 bridgehead atoms. The van der Waals surface area contributed by atoms with Crippen molar-refractivity contribution in [1.29, 1.82) is 0 Å². The third kappa shape index (κ3) is 2.34. The monoisotopic (exact) mass is 217 g/mol. The molecule has 0 unspecified atom stereocenters. The second-order valence-corrected chi connectivity index (χ2v) is 3.71. The first kappa shape index (κ1) is 10.5. The molecule has 84 valence electrons.